The minimum Gasteiger partial charge on any atom is -0.347 e. The third kappa shape index (κ3) is 10.6. The lowest BCUT2D eigenvalue weighted by molar-refractivity contribution is -0.364. The van der Waals surface area contributed by atoms with E-state index < -0.39 is 44.0 Å². The molecule has 0 N–H and O–H groups in total. The van der Waals surface area contributed by atoms with Crippen LogP contribution in [0.25, 0.3) is 0 Å². The van der Waals surface area contributed by atoms with Crippen LogP contribution < -0.4 is 0 Å². The molecule has 21 saturated heterocycles. The minimum absolute atomic E-state index is 0.0576. The van der Waals surface area contributed by atoms with E-state index in [9.17, 15) is 0 Å². The van der Waals surface area contributed by atoms with E-state index in [-0.39, 0.29) is 168 Å². The van der Waals surface area contributed by atoms with E-state index in [0.29, 0.717) is 0 Å². The van der Waals surface area contributed by atoms with Crippen LogP contribution in [0.5, 0.6) is 0 Å². The second-order valence-electron chi connectivity index (χ2n) is 24.7. The molecular weight excluding hydrogens is 897 g/mol. The quantitative estimate of drug-likeness (QED) is 0.228. The van der Waals surface area contributed by atoms with Gasteiger partial charge in [-0.15, -0.1) is 0 Å². The predicted molar refractivity (Wildman–Crippen MR) is 263 cm³/mol. The van der Waals surface area contributed by atoms with Crippen molar-refractivity contribution in [3.63, 3.8) is 0 Å². The Hall–Kier alpha value is -0.560. The second kappa shape index (κ2) is 22.2. The fourth-order valence-electron chi connectivity index (χ4n) is 13.5. The van der Waals surface area contributed by atoms with Gasteiger partial charge >= 0.3 is 0 Å². The van der Waals surface area contributed by atoms with Crippen LogP contribution in [-0.4, -0.2) is 129 Å². The molecule has 0 radical (unpaired) electrons. The number of hydrogen-bond donors (Lipinski definition) is 0. The Kier molecular flexibility index (Phi) is 17.6. The van der Waals surface area contributed by atoms with E-state index in [0.717, 1.165) is 0 Å². The highest BCUT2D eigenvalue weighted by Crippen LogP contribution is 2.46. The molecule has 0 aliphatic carbocycles. The Balaban J connectivity index is 1.02. The highest BCUT2D eigenvalue weighted by molar-refractivity contribution is 4.96. The Morgan fingerprint density at radius 3 is 0.329 bits per heavy atom. The molecule has 14 nitrogen and oxygen atoms in total. The SMILES string of the molecule is CC1[C@@H]2OC(C)[C@@H](O[C@H]3OC(C)[C@@H](O[C@@H]4OC(C)[C@@H](O[C@H]5OC(C)[C@@H](O[C@@H]6OC(C)[C@@H](O[C@@H]7OC(C)[C@@H](O[C@@H]8OC(C)[C@@H](O2)[C@H](C)C8C)[C@H](C)C7C)[C@H](C)C6C)[C@H](C)C5C)[C@H](C)C4C)[C@H](C)C3C)[C@@H]1C. The van der Waals surface area contributed by atoms with Crippen LogP contribution in [0.15, 0.2) is 0 Å². The molecule has 14 heteroatoms. The number of ether oxygens (including phenoxy) is 14. The van der Waals surface area contributed by atoms with E-state index in [1.54, 1.807) is 0 Å². The zero-order valence-corrected chi connectivity index (χ0v) is 46.9. The van der Waals surface area contributed by atoms with Crippen molar-refractivity contribution >= 4 is 0 Å². The first kappa shape index (κ1) is 55.7. The molecule has 21 rings (SSSR count). The van der Waals surface area contributed by atoms with Gasteiger partial charge in [-0.1, -0.05) is 96.9 Å². The van der Waals surface area contributed by atoms with Crippen LogP contribution in [0.2, 0.25) is 0 Å². The monoisotopic (exact) mass is 995 g/mol. The van der Waals surface area contributed by atoms with Gasteiger partial charge in [-0.3, -0.25) is 0 Å². The molecule has 0 aromatic heterocycles. The molecule has 0 aromatic carbocycles. The summed E-state index contributed by atoms with van der Waals surface area (Å²) in [4.78, 5) is 0. The summed E-state index contributed by atoms with van der Waals surface area (Å²) >= 11 is 0. The average Bonchev–Trinajstić information content (AvgIpc) is 3.31. The first-order valence-corrected chi connectivity index (χ1v) is 28.1. The maximum atomic E-state index is 6.97. The number of rotatable bonds is 0. The molecule has 21 aliphatic rings. The molecule has 14 bridgehead atoms. The maximum absolute atomic E-state index is 6.97. The molecule has 14 unspecified atom stereocenters. The zero-order valence-electron chi connectivity index (χ0n) is 46.9. The Morgan fingerprint density at radius 2 is 0.229 bits per heavy atom. The fourth-order valence-corrected chi connectivity index (χ4v) is 13.5. The van der Waals surface area contributed by atoms with Crippen molar-refractivity contribution in [2.45, 2.75) is 275 Å². The summed E-state index contributed by atoms with van der Waals surface area (Å²) in [5, 5.41) is 0. The van der Waals surface area contributed by atoms with Crippen LogP contribution in [-0.2, 0) is 66.3 Å². The summed E-state index contributed by atoms with van der Waals surface area (Å²) in [6.07, 6.45) is -5.78. The van der Waals surface area contributed by atoms with E-state index in [1.165, 1.54) is 0 Å². The molecule has 21 heterocycles. The van der Waals surface area contributed by atoms with Gasteiger partial charge in [0.05, 0.1) is 85.5 Å². The minimum atomic E-state index is -0.419. The van der Waals surface area contributed by atoms with Gasteiger partial charge in [-0.05, 0) is 89.9 Å². The van der Waals surface area contributed by atoms with E-state index >= 15 is 0 Å². The molecule has 0 saturated carbocycles. The van der Waals surface area contributed by atoms with E-state index in [4.69, 9.17) is 66.3 Å². The van der Waals surface area contributed by atoms with Crippen molar-refractivity contribution < 1.29 is 66.3 Å². The topological polar surface area (TPSA) is 129 Å². The van der Waals surface area contributed by atoms with Gasteiger partial charge in [0.25, 0.3) is 0 Å². The van der Waals surface area contributed by atoms with Crippen LogP contribution in [0.4, 0.5) is 0 Å². The first-order valence-electron chi connectivity index (χ1n) is 28.1. The van der Waals surface area contributed by atoms with E-state index in [1.807, 2.05) is 0 Å². The lowest BCUT2D eigenvalue weighted by Crippen LogP contribution is -2.59. The van der Waals surface area contributed by atoms with Gasteiger partial charge in [0.15, 0.2) is 44.0 Å². The molecule has 406 valence electrons. The largest absolute Gasteiger partial charge is 0.347 e. The van der Waals surface area contributed by atoms with Crippen LogP contribution >= 0.6 is 0 Å². The fraction of sp³-hybridized carbons (Fsp3) is 1.00. The molecule has 35 atom stereocenters. The lowest BCUT2D eigenvalue weighted by atomic mass is 9.81. The Morgan fingerprint density at radius 1 is 0.129 bits per heavy atom. The predicted octanol–water partition coefficient (Wildman–Crippen LogP) is 9.82. The molecule has 70 heavy (non-hydrogen) atoms. The number of hydrogen-bond acceptors (Lipinski definition) is 14. The van der Waals surface area contributed by atoms with Gasteiger partial charge in [-0.2, -0.15) is 0 Å². The molecule has 0 amide bonds. The lowest BCUT2D eigenvalue weighted by Gasteiger charge is -2.51. The highest BCUT2D eigenvalue weighted by atomic mass is 16.8. The smallest absolute Gasteiger partial charge is 0.161 e. The normalized spacial score (nSPS) is 59.7. The van der Waals surface area contributed by atoms with Crippen molar-refractivity contribution in [1.82, 2.24) is 0 Å². The maximum Gasteiger partial charge on any atom is 0.161 e. The van der Waals surface area contributed by atoms with Crippen LogP contribution in [0.3, 0.4) is 0 Å². The van der Waals surface area contributed by atoms with Gasteiger partial charge in [-0.25, -0.2) is 0 Å². The average molecular weight is 995 g/mol. The van der Waals surface area contributed by atoms with Crippen LogP contribution in [0, 0.1) is 82.9 Å². The zero-order chi connectivity index (χ0) is 51.1. The summed E-state index contributed by atoms with van der Waals surface area (Å²) in [6, 6.07) is 0. The molecule has 0 aromatic rings. The van der Waals surface area contributed by atoms with Crippen molar-refractivity contribution in [1.29, 1.82) is 0 Å². The second-order valence-corrected chi connectivity index (χ2v) is 24.7. The third-order valence-corrected chi connectivity index (χ3v) is 20.2. The van der Waals surface area contributed by atoms with Gasteiger partial charge < -0.3 is 66.3 Å². The molecule has 21 aliphatic heterocycles. The van der Waals surface area contributed by atoms with Crippen molar-refractivity contribution in [3.05, 3.63) is 0 Å². The third-order valence-electron chi connectivity index (χ3n) is 20.2. The van der Waals surface area contributed by atoms with Crippen LogP contribution in [0.1, 0.15) is 145 Å². The van der Waals surface area contributed by atoms with Gasteiger partial charge in [0, 0.05) is 41.4 Å². The summed E-state index contributed by atoms with van der Waals surface area (Å²) in [6.45, 7) is 46.0. The van der Waals surface area contributed by atoms with Crippen molar-refractivity contribution in [2.24, 2.45) is 82.9 Å². The standard InChI is InChI=1S/C56H98O14/c1-22-29(8)50-57-36(15)43(22)64-51-30(9)23(2)45(38(17)58-51)66-53-32(11)25(4)47(40(19)60-53)68-55-34(13)27(6)49(42(21)62-55)70-56-35(14)28(7)48(41(20)63-56)69-54-33(12)26(5)46(39(18)61-54)67-52-31(10)24(3)44(65-50)37(16)59-52/h22-56H,1-21H3/t22-,23-,24-,25-,26-,27-,28-,29?,30?,31?,32?,33?,34?,35?,36?,37?,38?,39?,40?,41?,42?,43+,44+,45+,46+,47+,48+,49+,50-,51-,52+,53+,54+,55-,56+/m1/s1. The summed E-state index contributed by atoms with van der Waals surface area (Å²) < 4.78 is 96.1. The highest BCUT2D eigenvalue weighted by Gasteiger charge is 2.54. The molecular formula is C56H98O14. The summed E-state index contributed by atoms with van der Waals surface area (Å²) in [5.74, 6) is 1.37. The van der Waals surface area contributed by atoms with Crippen molar-refractivity contribution in [2.75, 3.05) is 0 Å². The Bertz CT molecular complexity index is 1360. The Labute approximate surface area is 422 Å². The molecule has 21 fully saturated rings. The van der Waals surface area contributed by atoms with Crippen molar-refractivity contribution in [3.8, 4) is 0 Å². The molecule has 0 spiro atoms. The summed E-state index contributed by atoms with van der Waals surface area (Å²) in [7, 11) is 0. The van der Waals surface area contributed by atoms with Gasteiger partial charge in [0.2, 0.25) is 0 Å². The first-order chi connectivity index (χ1) is 32.9. The van der Waals surface area contributed by atoms with E-state index in [2.05, 4.69) is 145 Å². The summed E-state index contributed by atoms with van der Waals surface area (Å²) in [5.41, 5.74) is 0. The van der Waals surface area contributed by atoms with Gasteiger partial charge in [0.1, 0.15) is 0 Å².